The number of urea groups is 1. The second-order valence-electron chi connectivity index (χ2n) is 5.76. The van der Waals surface area contributed by atoms with Crippen LogP contribution < -0.4 is 5.32 Å². The van der Waals surface area contributed by atoms with E-state index in [-0.39, 0.29) is 12.5 Å². The summed E-state index contributed by atoms with van der Waals surface area (Å²) in [5, 5.41) is 11.4. The molecule has 2 saturated heterocycles. The quantitative estimate of drug-likeness (QED) is 0.596. The second kappa shape index (κ2) is 5.17. The van der Waals surface area contributed by atoms with Crippen molar-refractivity contribution in [2.24, 2.45) is 5.92 Å². The first kappa shape index (κ1) is 13.8. The molecule has 6 heteroatoms. The van der Waals surface area contributed by atoms with E-state index in [0.29, 0.717) is 18.8 Å². The fraction of sp³-hybridized carbons (Fsp3) is 0.769. The van der Waals surface area contributed by atoms with E-state index in [0.717, 1.165) is 24.5 Å². The van der Waals surface area contributed by atoms with Crippen molar-refractivity contribution in [3.05, 3.63) is 0 Å². The molecule has 6 nitrogen and oxygen atoms in total. The van der Waals surface area contributed by atoms with Crippen molar-refractivity contribution in [2.75, 3.05) is 26.2 Å². The summed E-state index contributed by atoms with van der Waals surface area (Å²) in [4.78, 5) is 27.4. The summed E-state index contributed by atoms with van der Waals surface area (Å²) in [5.41, 5.74) is -0.762. The third-order valence-electron chi connectivity index (χ3n) is 3.81. The third-order valence-corrected chi connectivity index (χ3v) is 3.81. The molecule has 2 aliphatic heterocycles. The molecule has 0 unspecified atom stereocenters. The van der Waals surface area contributed by atoms with Gasteiger partial charge in [0, 0.05) is 19.6 Å². The number of likely N-dealkylation sites (tertiary alicyclic amines) is 1. The molecule has 104 valence electrons. The van der Waals surface area contributed by atoms with Gasteiger partial charge in [0.2, 0.25) is 0 Å². The molecule has 19 heavy (non-hydrogen) atoms. The predicted molar refractivity (Wildman–Crippen MR) is 69.1 cm³/mol. The average molecular weight is 264 g/mol. The summed E-state index contributed by atoms with van der Waals surface area (Å²) in [5.74, 6) is 0.362. The van der Waals surface area contributed by atoms with Crippen LogP contribution >= 0.6 is 0 Å². The van der Waals surface area contributed by atoms with Crippen molar-refractivity contribution in [1.29, 1.82) is 5.26 Å². The Bertz CT molecular complexity index is 419. The largest absolute Gasteiger partial charge is 0.325 e. The standard InChI is InChI=1S/C13H20N4O2/c1-10(2)9-16-6-3-13(4-7-16)11(18)17(8-5-14)12(19)15-13/h10H,3-4,6-9H2,1-2H3,(H,15,19). The van der Waals surface area contributed by atoms with E-state index >= 15 is 0 Å². The van der Waals surface area contributed by atoms with Gasteiger partial charge in [-0.15, -0.1) is 0 Å². The highest BCUT2D eigenvalue weighted by atomic mass is 16.2. The van der Waals surface area contributed by atoms with Gasteiger partial charge in [-0.05, 0) is 18.8 Å². The molecule has 0 aromatic carbocycles. The molecule has 0 aromatic heterocycles. The molecule has 2 fully saturated rings. The number of amides is 3. The monoisotopic (exact) mass is 264 g/mol. The predicted octanol–water partition coefficient (Wildman–Crippen LogP) is 0.552. The maximum atomic E-state index is 12.3. The van der Waals surface area contributed by atoms with Gasteiger partial charge in [0.25, 0.3) is 5.91 Å². The zero-order chi connectivity index (χ0) is 14.0. The molecular weight excluding hydrogens is 244 g/mol. The van der Waals surface area contributed by atoms with Crippen LogP contribution in [0.15, 0.2) is 0 Å². The van der Waals surface area contributed by atoms with Crippen molar-refractivity contribution >= 4 is 11.9 Å². The molecule has 2 heterocycles. The average Bonchev–Trinajstić information content (AvgIpc) is 2.57. The van der Waals surface area contributed by atoms with Gasteiger partial charge in [-0.3, -0.25) is 4.79 Å². The Morgan fingerprint density at radius 2 is 2.00 bits per heavy atom. The van der Waals surface area contributed by atoms with E-state index in [1.165, 1.54) is 0 Å². The van der Waals surface area contributed by atoms with Crippen molar-refractivity contribution in [2.45, 2.75) is 32.2 Å². The zero-order valence-electron chi connectivity index (χ0n) is 11.5. The minimum absolute atomic E-state index is 0.165. The van der Waals surface area contributed by atoms with Crippen LogP contribution in [0.4, 0.5) is 4.79 Å². The first-order valence-electron chi connectivity index (χ1n) is 6.72. The van der Waals surface area contributed by atoms with E-state index in [1.807, 2.05) is 6.07 Å². The highest BCUT2D eigenvalue weighted by molar-refractivity contribution is 6.07. The third kappa shape index (κ3) is 2.56. The Kier molecular flexibility index (Phi) is 3.76. The van der Waals surface area contributed by atoms with E-state index in [9.17, 15) is 9.59 Å². The van der Waals surface area contributed by atoms with Crippen LogP contribution in [0.5, 0.6) is 0 Å². The van der Waals surface area contributed by atoms with Crippen LogP contribution in [0, 0.1) is 17.2 Å². The number of nitrogens with zero attached hydrogens (tertiary/aromatic N) is 3. The summed E-state index contributed by atoms with van der Waals surface area (Å²) >= 11 is 0. The molecule has 0 aromatic rings. The Morgan fingerprint density at radius 1 is 1.37 bits per heavy atom. The number of hydrogen-bond acceptors (Lipinski definition) is 4. The molecule has 0 saturated carbocycles. The van der Waals surface area contributed by atoms with Gasteiger partial charge in [-0.2, -0.15) is 5.26 Å². The van der Waals surface area contributed by atoms with Crippen LogP contribution in [0.3, 0.4) is 0 Å². The first-order valence-corrected chi connectivity index (χ1v) is 6.72. The summed E-state index contributed by atoms with van der Waals surface area (Å²) in [7, 11) is 0. The topological polar surface area (TPSA) is 76.4 Å². The number of imide groups is 1. The number of carbonyl (C=O) groups excluding carboxylic acids is 2. The molecule has 0 radical (unpaired) electrons. The van der Waals surface area contributed by atoms with Crippen molar-refractivity contribution in [3.63, 3.8) is 0 Å². The lowest BCUT2D eigenvalue weighted by Gasteiger charge is -2.37. The van der Waals surface area contributed by atoms with E-state index in [1.54, 1.807) is 0 Å². The number of piperidine rings is 1. The van der Waals surface area contributed by atoms with Gasteiger partial charge in [-0.1, -0.05) is 13.8 Å². The van der Waals surface area contributed by atoms with E-state index in [2.05, 4.69) is 24.1 Å². The Morgan fingerprint density at radius 3 is 2.53 bits per heavy atom. The summed E-state index contributed by atoms with van der Waals surface area (Å²) < 4.78 is 0. The van der Waals surface area contributed by atoms with Crippen LogP contribution in [-0.4, -0.2) is 53.5 Å². The number of hydrogen-bond donors (Lipinski definition) is 1. The summed E-state index contributed by atoms with van der Waals surface area (Å²) in [6.45, 7) is 6.81. The number of nitriles is 1. The Labute approximate surface area is 113 Å². The molecule has 0 atom stereocenters. The van der Waals surface area contributed by atoms with Gasteiger partial charge < -0.3 is 10.2 Å². The SMILES string of the molecule is CC(C)CN1CCC2(CC1)NC(=O)N(CC#N)C2=O. The van der Waals surface area contributed by atoms with Crippen LogP contribution in [-0.2, 0) is 4.79 Å². The number of carbonyl (C=O) groups is 2. The maximum absolute atomic E-state index is 12.3. The molecule has 0 aliphatic carbocycles. The molecule has 2 aliphatic rings. The molecule has 1 spiro atoms. The van der Waals surface area contributed by atoms with Gasteiger partial charge in [-0.25, -0.2) is 9.69 Å². The highest BCUT2D eigenvalue weighted by Crippen LogP contribution is 2.29. The van der Waals surface area contributed by atoms with Gasteiger partial charge in [0.15, 0.2) is 0 Å². The van der Waals surface area contributed by atoms with Crippen molar-refractivity contribution in [3.8, 4) is 6.07 Å². The van der Waals surface area contributed by atoms with E-state index < -0.39 is 11.6 Å². The molecular formula is C13H20N4O2. The van der Waals surface area contributed by atoms with Crippen molar-refractivity contribution < 1.29 is 9.59 Å². The number of nitrogens with one attached hydrogen (secondary N) is 1. The lowest BCUT2D eigenvalue weighted by Crippen LogP contribution is -2.55. The zero-order valence-corrected chi connectivity index (χ0v) is 11.5. The fourth-order valence-corrected chi connectivity index (χ4v) is 2.86. The van der Waals surface area contributed by atoms with E-state index in [4.69, 9.17) is 5.26 Å². The fourth-order valence-electron chi connectivity index (χ4n) is 2.86. The van der Waals surface area contributed by atoms with Gasteiger partial charge >= 0.3 is 6.03 Å². The van der Waals surface area contributed by atoms with Crippen LogP contribution in [0.2, 0.25) is 0 Å². The molecule has 1 N–H and O–H groups in total. The van der Waals surface area contributed by atoms with Crippen LogP contribution in [0.1, 0.15) is 26.7 Å². The highest BCUT2D eigenvalue weighted by Gasteiger charge is 2.52. The Hall–Kier alpha value is -1.61. The summed E-state index contributed by atoms with van der Waals surface area (Å²) in [6, 6.07) is 1.43. The Balaban J connectivity index is 2.01. The van der Waals surface area contributed by atoms with Gasteiger partial charge in [0.1, 0.15) is 12.1 Å². The first-order chi connectivity index (χ1) is 8.98. The van der Waals surface area contributed by atoms with Gasteiger partial charge in [0.05, 0.1) is 6.07 Å². The van der Waals surface area contributed by atoms with Crippen LogP contribution in [0.25, 0.3) is 0 Å². The minimum Gasteiger partial charge on any atom is -0.323 e. The normalized spacial score (nSPS) is 22.9. The lowest BCUT2D eigenvalue weighted by atomic mass is 9.87. The lowest BCUT2D eigenvalue weighted by molar-refractivity contribution is -0.132. The maximum Gasteiger partial charge on any atom is 0.325 e. The molecule has 3 amide bonds. The molecule has 2 rings (SSSR count). The molecule has 0 bridgehead atoms. The smallest absolute Gasteiger partial charge is 0.323 e. The summed E-state index contributed by atoms with van der Waals surface area (Å²) in [6.07, 6.45) is 1.26. The number of rotatable bonds is 3. The second-order valence-corrected chi connectivity index (χ2v) is 5.76. The van der Waals surface area contributed by atoms with Crippen molar-refractivity contribution in [1.82, 2.24) is 15.1 Å². The minimum atomic E-state index is -0.762.